The number of fused-ring (bicyclic) bond motifs is 2. The van der Waals surface area contributed by atoms with Gasteiger partial charge in [0.2, 0.25) is 0 Å². The van der Waals surface area contributed by atoms with Crippen LogP contribution in [0.1, 0.15) is 5.56 Å². The summed E-state index contributed by atoms with van der Waals surface area (Å²) in [6.07, 6.45) is 0. The number of likely N-dealkylation sites (N-methyl/N-ethyl adjacent to an activating group) is 1. The summed E-state index contributed by atoms with van der Waals surface area (Å²) in [5, 5.41) is 1.06. The van der Waals surface area contributed by atoms with Crippen molar-refractivity contribution in [3.63, 3.8) is 0 Å². The van der Waals surface area contributed by atoms with E-state index in [1.807, 2.05) is 36.4 Å². The monoisotopic (exact) mass is 492 g/mol. The molecule has 4 aromatic rings. The van der Waals surface area contributed by atoms with Crippen LogP contribution in [-0.4, -0.2) is 35.0 Å². The summed E-state index contributed by atoms with van der Waals surface area (Å²) in [5.41, 5.74) is 2.19. The van der Waals surface area contributed by atoms with Gasteiger partial charge in [0.1, 0.15) is 6.54 Å². The Hall–Kier alpha value is -3.45. The van der Waals surface area contributed by atoms with Crippen LogP contribution in [0.15, 0.2) is 82.1 Å². The number of rotatable bonds is 6. The number of carbonyl (C=O) groups excluding carboxylic acids is 2. The van der Waals surface area contributed by atoms with Crippen LogP contribution in [0.4, 0.5) is 0 Å². The van der Waals surface area contributed by atoms with E-state index in [1.165, 1.54) is 4.90 Å². The molecule has 7 heteroatoms. The third kappa shape index (κ3) is 4.57. The molecular formula is C25H21BrN2O4. The first kappa shape index (κ1) is 21.8. The SMILES string of the molecule is CN(Cc1ccc(Br)cc1)C(=O)COC(=O)Cn1c2ccccc2c(=O)c2ccccc21. The number of amides is 1. The third-order valence-electron chi connectivity index (χ3n) is 5.28. The van der Waals surface area contributed by atoms with Crippen LogP contribution >= 0.6 is 15.9 Å². The molecule has 32 heavy (non-hydrogen) atoms. The van der Waals surface area contributed by atoms with Crippen LogP contribution in [-0.2, 0) is 27.4 Å². The lowest BCUT2D eigenvalue weighted by Crippen LogP contribution is -2.31. The van der Waals surface area contributed by atoms with Crippen LogP contribution in [0, 0.1) is 0 Å². The minimum absolute atomic E-state index is 0.0782. The zero-order valence-corrected chi connectivity index (χ0v) is 19.0. The number of nitrogens with zero attached hydrogens (tertiary/aromatic N) is 2. The van der Waals surface area contributed by atoms with Gasteiger partial charge in [0, 0.05) is 28.8 Å². The van der Waals surface area contributed by atoms with Crippen molar-refractivity contribution in [2.75, 3.05) is 13.7 Å². The van der Waals surface area contributed by atoms with Gasteiger partial charge < -0.3 is 14.2 Å². The maximum absolute atomic E-state index is 12.8. The van der Waals surface area contributed by atoms with Crippen LogP contribution in [0.5, 0.6) is 0 Å². The molecule has 0 saturated carbocycles. The molecule has 1 heterocycles. The largest absolute Gasteiger partial charge is 0.454 e. The molecule has 0 spiro atoms. The Balaban J connectivity index is 1.48. The lowest BCUT2D eigenvalue weighted by atomic mass is 10.1. The average molecular weight is 493 g/mol. The number of halogens is 1. The highest BCUT2D eigenvalue weighted by molar-refractivity contribution is 9.10. The molecule has 0 aliphatic rings. The predicted octanol–water partition coefficient (Wildman–Crippen LogP) is 4.12. The van der Waals surface area contributed by atoms with Crippen molar-refractivity contribution in [3.05, 3.63) is 93.1 Å². The molecule has 0 N–H and O–H groups in total. The van der Waals surface area contributed by atoms with Crippen molar-refractivity contribution in [1.29, 1.82) is 0 Å². The molecule has 0 saturated heterocycles. The number of pyridine rings is 1. The van der Waals surface area contributed by atoms with E-state index in [4.69, 9.17) is 4.74 Å². The van der Waals surface area contributed by atoms with Crippen molar-refractivity contribution < 1.29 is 14.3 Å². The highest BCUT2D eigenvalue weighted by atomic mass is 79.9. The number of carbonyl (C=O) groups is 2. The Morgan fingerprint density at radius 3 is 2.06 bits per heavy atom. The van der Waals surface area contributed by atoms with Gasteiger partial charge in [-0.15, -0.1) is 0 Å². The average Bonchev–Trinajstić information content (AvgIpc) is 2.81. The smallest absolute Gasteiger partial charge is 0.326 e. The molecule has 0 fully saturated rings. The van der Waals surface area contributed by atoms with Crippen LogP contribution < -0.4 is 5.43 Å². The first-order valence-corrected chi connectivity index (χ1v) is 10.9. The number of hydrogen-bond acceptors (Lipinski definition) is 4. The van der Waals surface area contributed by atoms with Gasteiger partial charge in [-0.3, -0.25) is 14.4 Å². The molecule has 0 radical (unpaired) electrons. The van der Waals surface area contributed by atoms with Crippen molar-refractivity contribution in [2.45, 2.75) is 13.1 Å². The summed E-state index contributed by atoms with van der Waals surface area (Å²) in [6.45, 7) is -0.0361. The van der Waals surface area contributed by atoms with Gasteiger partial charge in [0.25, 0.3) is 5.91 Å². The van der Waals surface area contributed by atoms with Gasteiger partial charge in [-0.25, -0.2) is 0 Å². The highest BCUT2D eigenvalue weighted by Crippen LogP contribution is 2.19. The second-order valence-electron chi connectivity index (χ2n) is 7.49. The first-order valence-electron chi connectivity index (χ1n) is 10.1. The Labute approximate surface area is 193 Å². The number of ether oxygens (including phenoxy) is 1. The van der Waals surface area contributed by atoms with E-state index in [0.717, 1.165) is 10.0 Å². The minimum atomic E-state index is -0.547. The second kappa shape index (κ2) is 9.36. The van der Waals surface area contributed by atoms with Crippen molar-refractivity contribution in [1.82, 2.24) is 9.47 Å². The molecule has 4 rings (SSSR count). The fourth-order valence-electron chi connectivity index (χ4n) is 3.63. The number of esters is 1. The molecule has 1 amide bonds. The van der Waals surface area contributed by atoms with Gasteiger partial charge >= 0.3 is 5.97 Å². The van der Waals surface area contributed by atoms with Gasteiger partial charge in [0.15, 0.2) is 12.0 Å². The molecular weight excluding hydrogens is 472 g/mol. The number of hydrogen-bond donors (Lipinski definition) is 0. The summed E-state index contributed by atoms with van der Waals surface area (Å²) >= 11 is 3.39. The van der Waals surface area contributed by atoms with E-state index in [1.54, 1.807) is 48.0 Å². The second-order valence-corrected chi connectivity index (χ2v) is 8.40. The number of benzene rings is 3. The van der Waals surface area contributed by atoms with E-state index in [0.29, 0.717) is 28.4 Å². The van der Waals surface area contributed by atoms with E-state index < -0.39 is 5.97 Å². The van der Waals surface area contributed by atoms with Gasteiger partial charge in [0.05, 0.1) is 11.0 Å². The Morgan fingerprint density at radius 1 is 0.906 bits per heavy atom. The number of para-hydroxylation sites is 2. The van der Waals surface area contributed by atoms with Crippen LogP contribution in [0.3, 0.4) is 0 Å². The van der Waals surface area contributed by atoms with E-state index in [2.05, 4.69) is 15.9 Å². The fourth-order valence-corrected chi connectivity index (χ4v) is 3.89. The summed E-state index contributed by atoms with van der Waals surface area (Å²) in [4.78, 5) is 39.4. The van der Waals surface area contributed by atoms with Crippen molar-refractivity contribution in [2.24, 2.45) is 0 Å². The molecule has 0 atom stereocenters. The lowest BCUT2D eigenvalue weighted by molar-refractivity contribution is -0.152. The molecule has 0 aliphatic heterocycles. The first-order chi connectivity index (χ1) is 15.4. The topological polar surface area (TPSA) is 68.6 Å². The van der Waals surface area contributed by atoms with E-state index in [-0.39, 0.29) is 24.5 Å². The van der Waals surface area contributed by atoms with Crippen LogP contribution in [0.2, 0.25) is 0 Å². The minimum Gasteiger partial charge on any atom is -0.454 e. The zero-order chi connectivity index (χ0) is 22.7. The third-order valence-corrected chi connectivity index (χ3v) is 5.81. The van der Waals surface area contributed by atoms with Gasteiger partial charge in [-0.05, 0) is 42.0 Å². The summed E-state index contributed by atoms with van der Waals surface area (Å²) < 4.78 is 8.00. The Morgan fingerprint density at radius 2 is 1.47 bits per heavy atom. The zero-order valence-electron chi connectivity index (χ0n) is 17.5. The molecule has 3 aromatic carbocycles. The highest BCUT2D eigenvalue weighted by Gasteiger charge is 2.16. The molecule has 0 bridgehead atoms. The lowest BCUT2D eigenvalue weighted by Gasteiger charge is -2.18. The quantitative estimate of drug-likeness (QED) is 0.300. The normalized spacial score (nSPS) is 10.9. The van der Waals surface area contributed by atoms with Gasteiger partial charge in [-0.2, -0.15) is 0 Å². The molecule has 0 unspecified atom stereocenters. The maximum atomic E-state index is 12.8. The Bertz CT molecular complexity index is 1300. The standard InChI is InChI=1S/C25H21BrN2O4/c1-27(14-17-10-12-18(26)13-11-17)23(29)16-32-24(30)15-28-21-8-4-2-6-19(21)25(31)20-7-3-5-9-22(20)28/h2-13H,14-16H2,1H3. The molecule has 0 aliphatic carbocycles. The molecule has 1 aromatic heterocycles. The predicted molar refractivity (Wildman–Crippen MR) is 127 cm³/mol. The Kier molecular flexibility index (Phi) is 6.37. The maximum Gasteiger partial charge on any atom is 0.326 e. The molecule has 6 nitrogen and oxygen atoms in total. The summed E-state index contributed by atoms with van der Waals surface area (Å²) in [6, 6.07) is 22.0. The molecule has 162 valence electrons. The van der Waals surface area contributed by atoms with Crippen molar-refractivity contribution in [3.8, 4) is 0 Å². The van der Waals surface area contributed by atoms with Crippen molar-refractivity contribution >= 4 is 49.6 Å². The van der Waals surface area contributed by atoms with E-state index in [9.17, 15) is 14.4 Å². The fraction of sp³-hybridized carbons (Fsp3) is 0.160. The summed E-state index contributed by atoms with van der Waals surface area (Å²) in [7, 11) is 1.67. The van der Waals surface area contributed by atoms with E-state index >= 15 is 0 Å². The summed E-state index contributed by atoms with van der Waals surface area (Å²) in [5.74, 6) is -0.842. The van der Waals surface area contributed by atoms with Crippen LogP contribution in [0.25, 0.3) is 21.8 Å². The van der Waals surface area contributed by atoms with Gasteiger partial charge in [-0.1, -0.05) is 52.3 Å². The number of aromatic nitrogens is 1.